The number of carboxylic acids is 1. The molecule has 1 aromatic carbocycles. The highest BCUT2D eigenvalue weighted by Crippen LogP contribution is 2.42. The Labute approximate surface area is 197 Å². The van der Waals surface area contributed by atoms with E-state index in [1.807, 2.05) is 4.90 Å². The zero-order valence-electron chi connectivity index (χ0n) is 20.0. The maximum absolute atomic E-state index is 13.5. The van der Waals surface area contributed by atoms with Crippen molar-refractivity contribution in [3.05, 3.63) is 29.3 Å². The van der Waals surface area contributed by atoms with Crippen LogP contribution in [0.25, 0.3) is 0 Å². The molecule has 1 N–H and O–H groups in total. The molecule has 1 aromatic rings. The van der Waals surface area contributed by atoms with E-state index in [0.29, 0.717) is 56.9 Å². The number of methoxy groups -OCH3 is 1. The first-order valence-electron chi connectivity index (χ1n) is 11.5. The third kappa shape index (κ3) is 6.14. The number of hydrogen-bond donors (Lipinski definition) is 1. The van der Waals surface area contributed by atoms with Gasteiger partial charge >= 0.3 is 18.2 Å². The van der Waals surface area contributed by atoms with Crippen molar-refractivity contribution in [2.75, 3.05) is 44.8 Å². The van der Waals surface area contributed by atoms with Crippen LogP contribution in [0.15, 0.2) is 18.2 Å². The molecule has 10 heteroatoms. The summed E-state index contributed by atoms with van der Waals surface area (Å²) >= 11 is 0. The largest absolute Gasteiger partial charge is 0.481 e. The van der Waals surface area contributed by atoms with E-state index < -0.39 is 35.3 Å². The average molecular weight is 487 g/mol. The van der Waals surface area contributed by atoms with Crippen molar-refractivity contribution < 1.29 is 37.3 Å². The second-order valence-electron chi connectivity index (χ2n) is 10.1. The van der Waals surface area contributed by atoms with Crippen molar-refractivity contribution in [2.45, 2.75) is 51.3 Å². The molecule has 34 heavy (non-hydrogen) atoms. The number of hydrogen-bond acceptors (Lipinski definition) is 5. The molecule has 1 amide bonds. The molecule has 3 rings (SSSR count). The van der Waals surface area contributed by atoms with E-state index in [4.69, 9.17) is 9.47 Å². The van der Waals surface area contributed by atoms with Gasteiger partial charge in [-0.25, -0.2) is 4.79 Å². The van der Waals surface area contributed by atoms with E-state index >= 15 is 0 Å². The summed E-state index contributed by atoms with van der Waals surface area (Å²) in [6.07, 6.45) is -4.24. The number of likely N-dealkylation sites (tertiary alicyclic amines) is 1. The summed E-state index contributed by atoms with van der Waals surface area (Å²) in [5, 5.41) is 9.30. The average Bonchev–Trinajstić information content (AvgIpc) is 3.16. The minimum absolute atomic E-state index is 0.121. The Kier molecular flexibility index (Phi) is 7.69. The summed E-state index contributed by atoms with van der Waals surface area (Å²) in [5.41, 5.74) is -0.275. The topological polar surface area (TPSA) is 79.3 Å². The molecule has 2 atom stereocenters. The molecule has 0 bridgehead atoms. The molecule has 190 valence electrons. The number of nitrogens with zero attached hydrogens (tertiary/aromatic N) is 2. The van der Waals surface area contributed by atoms with Crippen molar-refractivity contribution in [3.63, 3.8) is 0 Å². The Morgan fingerprint density at radius 3 is 2.29 bits per heavy atom. The SMILES string of the molecule is COC[C@H]1CN(C(=O)OC(C)(C)C)CC1c1ccc(C(F)(F)F)cc1N1CCC(C(=O)O)CC1. The number of halogens is 3. The Morgan fingerprint density at radius 2 is 1.76 bits per heavy atom. The zero-order valence-corrected chi connectivity index (χ0v) is 20.0. The summed E-state index contributed by atoms with van der Waals surface area (Å²) < 4.78 is 51.5. The van der Waals surface area contributed by atoms with Crippen LogP contribution in [0.5, 0.6) is 0 Å². The van der Waals surface area contributed by atoms with Crippen LogP contribution >= 0.6 is 0 Å². The van der Waals surface area contributed by atoms with Gasteiger partial charge in [-0.2, -0.15) is 13.2 Å². The second-order valence-corrected chi connectivity index (χ2v) is 10.1. The van der Waals surface area contributed by atoms with E-state index in [-0.39, 0.29) is 11.8 Å². The van der Waals surface area contributed by atoms with Gasteiger partial charge in [0, 0.05) is 50.8 Å². The lowest BCUT2D eigenvalue weighted by molar-refractivity contribution is -0.142. The lowest BCUT2D eigenvalue weighted by Gasteiger charge is -2.35. The van der Waals surface area contributed by atoms with Gasteiger partial charge in [0.05, 0.1) is 18.1 Å². The van der Waals surface area contributed by atoms with Crippen molar-refractivity contribution in [2.24, 2.45) is 11.8 Å². The number of carboxylic acid groups (broad SMARTS) is 1. The number of alkyl halides is 3. The minimum Gasteiger partial charge on any atom is -0.481 e. The maximum Gasteiger partial charge on any atom is 0.416 e. The Balaban J connectivity index is 1.94. The number of carbonyl (C=O) groups excluding carboxylic acids is 1. The minimum atomic E-state index is -4.50. The molecule has 2 aliphatic rings. The second kappa shape index (κ2) is 10.0. The standard InChI is InChI=1S/C24H33F3N2O5/c1-23(2,3)34-22(32)29-12-16(14-33-4)19(13-29)18-6-5-17(24(25,26)27)11-20(18)28-9-7-15(8-10-28)21(30)31/h5-6,11,15-16,19H,7-10,12-14H2,1-4H3,(H,30,31)/t16-,19?/m1/s1. The van der Waals surface area contributed by atoms with Crippen LogP contribution < -0.4 is 4.90 Å². The fraction of sp³-hybridized carbons (Fsp3) is 0.667. The van der Waals surface area contributed by atoms with E-state index in [1.165, 1.54) is 6.07 Å². The number of ether oxygens (including phenoxy) is 2. The predicted molar refractivity (Wildman–Crippen MR) is 120 cm³/mol. The van der Waals surface area contributed by atoms with Crippen molar-refractivity contribution in [1.29, 1.82) is 0 Å². The Bertz CT molecular complexity index is 892. The lowest BCUT2D eigenvalue weighted by Crippen LogP contribution is -2.37. The van der Waals surface area contributed by atoms with Crippen molar-refractivity contribution in [3.8, 4) is 0 Å². The summed E-state index contributed by atoms with van der Waals surface area (Å²) in [4.78, 5) is 27.5. The molecule has 2 fully saturated rings. The van der Waals surface area contributed by atoms with Gasteiger partial charge in [0.2, 0.25) is 0 Å². The molecule has 2 saturated heterocycles. The number of anilines is 1. The quantitative estimate of drug-likeness (QED) is 0.655. The number of piperidine rings is 1. The number of carbonyl (C=O) groups is 2. The summed E-state index contributed by atoms with van der Waals surface area (Å²) in [7, 11) is 1.55. The van der Waals surface area contributed by atoms with Gasteiger partial charge in [0.25, 0.3) is 0 Å². The van der Waals surface area contributed by atoms with E-state index in [0.717, 1.165) is 12.1 Å². The molecule has 7 nitrogen and oxygen atoms in total. The van der Waals surface area contributed by atoms with Gasteiger partial charge in [-0.05, 0) is 51.3 Å². The number of aliphatic carboxylic acids is 1. The molecule has 0 aliphatic carbocycles. The first kappa shape index (κ1) is 26.1. The highest BCUT2D eigenvalue weighted by Gasteiger charge is 2.41. The van der Waals surface area contributed by atoms with E-state index in [9.17, 15) is 27.9 Å². The molecular formula is C24H33F3N2O5. The summed E-state index contributed by atoms with van der Waals surface area (Å²) in [5.74, 6) is -1.75. The summed E-state index contributed by atoms with van der Waals surface area (Å²) in [6.45, 7) is 7.04. The molecule has 0 aromatic heterocycles. The van der Waals surface area contributed by atoms with Gasteiger partial charge in [-0.1, -0.05) is 6.07 Å². The highest BCUT2D eigenvalue weighted by molar-refractivity contribution is 5.71. The van der Waals surface area contributed by atoms with Gasteiger partial charge < -0.3 is 24.4 Å². The van der Waals surface area contributed by atoms with Crippen molar-refractivity contribution in [1.82, 2.24) is 4.90 Å². The third-order valence-electron chi connectivity index (χ3n) is 6.42. The molecule has 0 saturated carbocycles. The van der Waals surface area contributed by atoms with Crippen LogP contribution in [-0.2, 0) is 20.4 Å². The third-order valence-corrected chi connectivity index (χ3v) is 6.42. The first-order valence-corrected chi connectivity index (χ1v) is 11.5. The summed E-state index contributed by atoms with van der Waals surface area (Å²) in [6, 6.07) is 3.71. The Morgan fingerprint density at radius 1 is 1.12 bits per heavy atom. The van der Waals surface area contributed by atoms with Crippen LogP contribution in [0, 0.1) is 11.8 Å². The number of benzene rings is 1. The van der Waals surface area contributed by atoms with Gasteiger partial charge in [-0.3, -0.25) is 4.79 Å². The predicted octanol–water partition coefficient (Wildman–Crippen LogP) is 4.60. The Hall–Kier alpha value is -2.49. The van der Waals surface area contributed by atoms with Crippen LogP contribution in [0.3, 0.4) is 0 Å². The monoisotopic (exact) mass is 486 g/mol. The molecule has 0 radical (unpaired) electrons. The van der Waals surface area contributed by atoms with Gasteiger partial charge in [0.15, 0.2) is 0 Å². The molecule has 1 unspecified atom stereocenters. The molecular weight excluding hydrogens is 453 g/mol. The van der Waals surface area contributed by atoms with Crippen LogP contribution in [0.1, 0.15) is 50.7 Å². The van der Waals surface area contributed by atoms with Gasteiger partial charge in [-0.15, -0.1) is 0 Å². The number of rotatable bonds is 5. The number of amides is 1. The van der Waals surface area contributed by atoms with Crippen LogP contribution in [0.2, 0.25) is 0 Å². The van der Waals surface area contributed by atoms with Crippen LogP contribution in [-0.4, -0.2) is 67.6 Å². The van der Waals surface area contributed by atoms with Crippen LogP contribution in [0.4, 0.5) is 23.7 Å². The molecule has 2 aliphatic heterocycles. The fourth-order valence-electron chi connectivity index (χ4n) is 4.76. The lowest BCUT2D eigenvalue weighted by atomic mass is 9.86. The van der Waals surface area contributed by atoms with Gasteiger partial charge in [0.1, 0.15) is 5.60 Å². The normalized spacial score (nSPS) is 22.2. The van der Waals surface area contributed by atoms with E-state index in [1.54, 1.807) is 32.8 Å². The van der Waals surface area contributed by atoms with E-state index in [2.05, 4.69) is 0 Å². The molecule has 2 heterocycles. The fourth-order valence-corrected chi connectivity index (χ4v) is 4.76. The van der Waals surface area contributed by atoms with Crippen molar-refractivity contribution >= 4 is 17.7 Å². The smallest absolute Gasteiger partial charge is 0.416 e. The molecule has 0 spiro atoms. The first-order chi connectivity index (χ1) is 15.8. The highest BCUT2D eigenvalue weighted by atomic mass is 19.4. The zero-order chi connectivity index (χ0) is 25.3. The maximum atomic E-state index is 13.5.